The summed E-state index contributed by atoms with van der Waals surface area (Å²) < 4.78 is 35.7. The predicted molar refractivity (Wildman–Crippen MR) is 133 cm³/mol. The van der Waals surface area contributed by atoms with Gasteiger partial charge >= 0.3 is 5.97 Å². The average Bonchev–Trinajstić information content (AvgIpc) is 3.56. The number of aromatic nitrogens is 3. The molecule has 9 nitrogen and oxygen atoms in total. The van der Waals surface area contributed by atoms with Crippen molar-refractivity contribution in [1.82, 2.24) is 19.5 Å². The molecule has 5 aromatic rings. The van der Waals surface area contributed by atoms with Crippen molar-refractivity contribution >= 4 is 49.3 Å². The standard InChI is InChI=1S/C24H22N4O5S2/c1-14(2)22(24(29)30)27-35(31,32)17-5-6-18-19-10-15(4-7-20(19)33-21(18)11-17)23-25-12-16(34-23)13-28-9-3-8-26-28/h3-12,14,22,27H,13H2,1-2H3,(H,29,30)/t22-/m0/s1. The van der Waals surface area contributed by atoms with E-state index < -0.39 is 28.0 Å². The Morgan fingerprint density at radius 3 is 2.71 bits per heavy atom. The zero-order valence-electron chi connectivity index (χ0n) is 18.9. The maximum atomic E-state index is 12.8. The minimum Gasteiger partial charge on any atom is -0.480 e. The number of thiazole rings is 1. The third-order valence-electron chi connectivity index (χ3n) is 5.65. The second-order valence-corrected chi connectivity index (χ2v) is 11.3. The Balaban J connectivity index is 1.47. The fourth-order valence-electron chi connectivity index (χ4n) is 3.83. The Kier molecular flexibility index (Phi) is 5.91. The van der Waals surface area contributed by atoms with Gasteiger partial charge in [0.1, 0.15) is 22.2 Å². The first-order valence-electron chi connectivity index (χ1n) is 10.9. The molecule has 0 unspecified atom stereocenters. The number of rotatable bonds is 8. The van der Waals surface area contributed by atoms with Crippen LogP contribution in [-0.4, -0.2) is 40.3 Å². The van der Waals surface area contributed by atoms with Crippen LogP contribution in [0.3, 0.4) is 0 Å². The Morgan fingerprint density at radius 2 is 2.00 bits per heavy atom. The first-order valence-corrected chi connectivity index (χ1v) is 13.2. The lowest BCUT2D eigenvalue weighted by Gasteiger charge is -2.17. The molecule has 3 heterocycles. The first kappa shape index (κ1) is 23.2. The van der Waals surface area contributed by atoms with Crippen LogP contribution in [0.5, 0.6) is 0 Å². The molecule has 35 heavy (non-hydrogen) atoms. The zero-order chi connectivity index (χ0) is 24.7. The lowest BCUT2D eigenvalue weighted by atomic mass is 10.1. The number of furan rings is 1. The Bertz CT molecular complexity index is 1640. The molecule has 0 spiro atoms. The topological polar surface area (TPSA) is 127 Å². The third kappa shape index (κ3) is 4.57. The molecule has 1 atom stereocenters. The number of carboxylic acids is 1. The van der Waals surface area contributed by atoms with Gasteiger partial charge in [0.05, 0.1) is 11.4 Å². The smallest absolute Gasteiger partial charge is 0.322 e. The van der Waals surface area contributed by atoms with Crippen molar-refractivity contribution in [2.45, 2.75) is 31.3 Å². The molecule has 0 aliphatic carbocycles. The summed E-state index contributed by atoms with van der Waals surface area (Å²) in [6, 6.07) is 10.9. The van der Waals surface area contributed by atoms with Crippen LogP contribution in [0.4, 0.5) is 0 Å². The van der Waals surface area contributed by atoms with Crippen molar-refractivity contribution < 1.29 is 22.7 Å². The molecule has 0 bridgehead atoms. The van der Waals surface area contributed by atoms with E-state index in [1.807, 2.05) is 41.3 Å². The number of carbonyl (C=O) groups is 1. The summed E-state index contributed by atoms with van der Waals surface area (Å²) in [6.45, 7) is 3.93. The van der Waals surface area contributed by atoms with Gasteiger partial charge in [-0.2, -0.15) is 9.82 Å². The summed E-state index contributed by atoms with van der Waals surface area (Å²) in [7, 11) is -4.05. The highest BCUT2D eigenvalue weighted by Gasteiger charge is 2.28. The summed E-state index contributed by atoms with van der Waals surface area (Å²) in [5.41, 5.74) is 1.94. The van der Waals surface area contributed by atoms with Gasteiger partial charge in [0.15, 0.2) is 0 Å². The van der Waals surface area contributed by atoms with Crippen molar-refractivity contribution in [3.8, 4) is 10.6 Å². The molecule has 0 aliphatic heterocycles. The van der Waals surface area contributed by atoms with Crippen LogP contribution in [0.1, 0.15) is 18.7 Å². The molecule has 0 saturated carbocycles. The van der Waals surface area contributed by atoms with Gasteiger partial charge in [0, 0.05) is 45.9 Å². The van der Waals surface area contributed by atoms with E-state index in [0.29, 0.717) is 17.7 Å². The number of fused-ring (bicyclic) bond motifs is 3. The summed E-state index contributed by atoms with van der Waals surface area (Å²) in [5, 5.41) is 16.0. The molecule has 3 aromatic heterocycles. The average molecular weight is 511 g/mol. The second-order valence-electron chi connectivity index (χ2n) is 8.49. The first-order chi connectivity index (χ1) is 16.7. The minimum absolute atomic E-state index is 0.0561. The summed E-state index contributed by atoms with van der Waals surface area (Å²) in [6.07, 6.45) is 5.48. The molecule has 0 amide bonds. The highest BCUT2D eigenvalue weighted by atomic mass is 32.2. The fourth-order valence-corrected chi connectivity index (χ4v) is 6.09. The Morgan fingerprint density at radius 1 is 1.17 bits per heavy atom. The molecule has 0 fully saturated rings. The second kappa shape index (κ2) is 8.91. The lowest BCUT2D eigenvalue weighted by molar-refractivity contribution is -0.140. The fraction of sp³-hybridized carbons (Fsp3) is 0.208. The van der Waals surface area contributed by atoms with E-state index in [1.165, 1.54) is 12.1 Å². The van der Waals surface area contributed by atoms with E-state index in [9.17, 15) is 18.3 Å². The van der Waals surface area contributed by atoms with Crippen LogP contribution >= 0.6 is 11.3 Å². The van der Waals surface area contributed by atoms with Crippen molar-refractivity contribution in [1.29, 1.82) is 0 Å². The van der Waals surface area contributed by atoms with Crippen molar-refractivity contribution in [3.05, 3.63) is 65.9 Å². The number of carboxylic acid groups (broad SMARTS) is 1. The SMILES string of the molecule is CC(C)[C@H](NS(=O)(=O)c1ccc2c(c1)oc1ccc(-c3ncc(Cn4cccn4)s3)cc12)C(=O)O. The number of aliphatic carboxylic acids is 1. The van der Waals surface area contributed by atoms with E-state index >= 15 is 0 Å². The molecule has 5 rings (SSSR count). The molecule has 180 valence electrons. The largest absolute Gasteiger partial charge is 0.480 e. The molecular formula is C24H22N4O5S2. The number of nitrogens with zero attached hydrogens (tertiary/aromatic N) is 3. The van der Waals surface area contributed by atoms with E-state index in [4.69, 9.17) is 4.42 Å². The molecular weight excluding hydrogens is 488 g/mol. The van der Waals surface area contributed by atoms with E-state index in [0.717, 1.165) is 26.2 Å². The van der Waals surface area contributed by atoms with Gasteiger partial charge in [-0.3, -0.25) is 9.48 Å². The molecule has 0 aliphatic rings. The monoisotopic (exact) mass is 510 g/mol. The summed E-state index contributed by atoms with van der Waals surface area (Å²) in [5.74, 6) is -1.64. The maximum Gasteiger partial charge on any atom is 0.322 e. The zero-order valence-corrected chi connectivity index (χ0v) is 20.5. The van der Waals surface area contributed by atoms with E-state index in [1.54, 1.807) is 37.4 Å². The number of benzene rings is 2. The van der Waals surface area contributed by atoms with Crippen molar-refractivity contribution in [2.75, 3.05) is 0 Å². The molecule has 0 radical (unpaired) electrons. The Hall–Kier alpha value is -3.54. The van der Waals surface area contributed by atoms with Crippen LogP contribution in [0.25, 0.3) is 32.5 Å². The van der Waals surface area contributed by atoms with Gasteiger partial charge in [-0.25, -0.2) is 13.4 Å². The predicted octanol–water partition coefficient (Wildman–Crippen LogP) is 4.34. The van der Waals surface area contributed by atoms with Gasteiger partial charge in [-0.05, 0) is 42.3 Å². The van der Waals surface area contributed by atoms with E-state index in [-0.39, 0.29) is 4.90 Å². The van der Waals surface area contributed by atoms with Crippen LogP contribution in [0, 0.1) is 5.92 Å². The molecule has 2 aromatic carbocycles. The number of sulfonamides is 1. The number of nitrogens with one attached hydrogen (secondary N) is 1. The van der Waals surface area contributed by atoms with E-state index in [2.05, 4.69) is 14.8 Å². The summed E-state index contributed by atoms with van der Waals surface area (Å²) >= 11 is 1.58. The normalized spacial score (nSPS) is 13.1. The van der Waals surface area contributed by atoms with Crippen LogP contribution in [-0.2, 0) is 21.4 Å². The number of hydrogen-bond acceptors (Lipinski definition) is 7. The molecule has 2 N–H and O–H groups in total. The highest BCUT2D eigenvalue weighted by Crippen LogP contribution is 2.35. The van der Waals surface area contributed by atoms with Gasteiger partial charge < -0.3 is 9.52 Å². The number of hydrogen-bond donors (Lipinski definition) is 2. The van der Waals surface area contributed by atoms with Gasteiger partial charge in [-0.15, -0.1) is 11.3 Å². The van der Waals surface area contributed by atoms with Crippen LogP contribution in [0.15, 0.2) is 70.4 Å². The van der Waals surface area contributed by atoms with Gasteiger partial charge in [0.2, 0.25) is 10.0 Å². The Labute approximate surface area is 205 Å². The molecule has 11 heteroatoms. The summed E-state index contributed by atoms with van der Waals surface area (Å²) in [4.78, 5) is 17.0. The van der Waals surface area contributed by atoms with Crippen LogP contribution < -0.4 is 4.72 Å². The quantitative estimate of drug-likeness (QED) is 0.318. The van der Waals surface area contributed by atoms with Gasteiger partial charge in [-0.1, -0.05) is 13.8 Å². The van der Waals surface area contributed by atoms with Crippen molar-refractivity contribution in [3.63, 3.8) is 0 Å². The minimum atomic E-state index is -4.05. The van der Waals surface area contributed by atoms with Crippen molar-refractivity contribution in [2.24, 2.45) is 5.92 Å². The van der Waals surface area contributed by atoms with Gasteiger partial charge in [0.25, 0.3) is 0 Å². The highest BCUT2D eigenvalue weighted by molar-refractivity contribution is 7.89. The molecule has 0 saturated heterocycles. The maximum absolute atomic E-state index is 12.8. The third-order valence-corrected chi connectivity index (χ3v) is 8.12. The lowest BCUT2D eigenvalue weighted by Crippen LogP contribution is -2.44. The van der Waals surface area contributed by atoms with Crippen LogP contribution in [0.2, 0.25) is 0 Å².